The van der Waals surface area contributed by atoms with Gasteiger partial charge in [0.1, 0.15) is 0 Å². The van der Waals surface area contributed by atoms with Crippen LogP contribution in [0.15, 0.2) is 48.8 Å². The molecule has 0 unspecified atom stereocenters. The zero-order chi connectivity index (χ0) is 26.5. The van der Waals surface area contributed by atoms with Crippen molar-refractivity contribution in [1.29, 1.82) is 0 Å². The molecule has 0 spiro atoms. The third-order valence-corrected chi connectivity index (χ3v) is 7.69. The Hall–Kier alpha value is -2.64. The Bertz CT molecular complexity index is 993. The number of piperidine rings is 1. The van der Waals surface area contributed by atoms with Crippen molar-refractivity contribution in [3.05, 3.63) is 65.5 Å². The molecule has 4 nitrogen and oxygen atoms in total. The van der Waals surface area contributed by atoms with Gasteiger partial charge in [-0.2, -0.15) is 0 Å². The maximum absolute atomic E-state index is 13.9. The van der Waals surface area contributed by atoms with Gasteiger partial charge in [-0.1, -0.05) is 51.7 Å². The van der Waals surface area contributed by atoms with Crippen molar-refractivity contribution >= 4 is 5.91 Å². The molecule has 1 amide bonds. The topological polar surface area (TPSA) is 36.4 Å². The fourth-order valence-electron chi connectivity index (χ4n) is 5.50. The van der Waals surface area contributed by atoms with Crippen LogP contribution >= 0.6 is 0 Å². The molecule has 200 valence electrons. The summed E-state index contributed by atoms with van der Waals surface area (Å²) in [5.41, 5.74) is 3.57. The maximum Gasteiger partial charge on any atom is 0.226 e. The van der Waals surface area contributed by atoms with Crippen LogP contribution < -0.4 is 0 Å². The molecule has 4 heteroatoms. The Morgan fingerprint density at radius 3 is 2.38 bits per heavy atom. The molecule has 1 aliphatic carbocycles. The first-order valence-corrected chi connectivity index (χ1v) is 14.6. The molecule has 1 aromatic heterocycles. The molecule has 1 saturated carbocycles. The minimum atomic E-state index is 0.188. The first kappa shape index (κ1) is 28.9. The molecule has 0 radical (unpaired) electrons. The molecule has 2 aliphatic rings. The number of hydrogen-bond acceptors (Lipinski definition) is 3. The van der Waals surface area contributed by atoms with E-state index in [0.29, 0.717) is 18.5 Å². The average molecular weight is 502 g/mol. The predicted molar refractivity (Wildman–Crippen MR) is 154 cm³/mol. The summed E-state index contributed by atoms with van der Waals surface area (Å²) in [5.74, 6) is 7.88. The van der Waals surface area contributed by atoms with E-state index >= 15 is 0 Å². The average Bonchev–Trinajstić information content (AvgIpc) is 2.94. The summed E-state index contributed by atoms with van der Waals surface area (Å²) in [6.45, 7) is 12.2. The van der Waals surface area contributed by atoms with Crippen LogP contribution in [0.2, 0.25) is 0 Å². The fraction of sp³-hybridized carbons (Fsp3) is 0.576. The Morgan fingerprint density at radius 2 is 1.70 bits per heavy atom. The van der Waals surface area contributed by atoms with E-state index < -0.39 is 0 Å². The van der Waals surface area contributed by atoms with Gasteiger partial charge in [-0.3, -0.25) is 14.7 Å². The normalized spacial score (nSPS) is 20.2. The zero-order valence-electron chi connectivity index (χ0n) is 23.6. The molecule has 0 N–H and O–H groups in total. The van der Waals surface area contributed by atoms with Crippen LogP contribution in [-0.4, -0.2) is 39.8 Å². The summed E-state index contributed by atoms with van der Waals surface area (Å²) >= 11 is 0. The molecule has 2 aromatic rings. The number of pyridine rings is 1. The van der Waals surface area contributed by atoms with E-state index in [4.69, 9.17) is 0 Å². The highest BCUT2D eigenvalue weighted by Crippen LogP contribution is 2.32. The Kier molecular flexibility index (Phi) is 12.2. The summed E-state index contributed by atoms with van der Waals surface area (Å²) in [4.78, 5) is 22.7. The maximum atomic E-state index is 13.9. The second-order valence-electron chi connectivity index (χ2n) is 10.5. The molecule has 1 saturated heterocycles. The van der Waals surface area contributed by atoms with Gasteiger partial charge in [0, 0.05) is 62.5 Å². The predicted octanol–water partition coefficient (Wildman–Crippen LogP) is 7.08. The number of benzene rings is 1. The van der Waals surface area contributed by atoms with Crippen LogP contribution in [0.1, 0.15) is 95.8 Å². The number of hydrogen-bond donors (Lipinski definition) is 0. The van der Waals surface area contributed by atoms with Gasteiger partial charge in [0.25, 0.3) is 0 Å². The number of nitrogens with zero attached hydrogens (tertiary/aromatic N) is 3. The van der Waals surface area contributed by atoms with Crippen LogP contribution in [0.4, 0.5) is 0 Å². The van der Waals surface area contributed by atoms with E-state index in [2.05, 4.69) is 76.9 Å². The summed E-state index contributed by atoms with van der Waals surface area (Å²) in [7, 11) is 0. The van der Waals surface area contributed by atoms with Gasteiger partial charge in [0.15, 0.2) is 0 Å². The van der Waals surface area contributed by atoms with E-state index in [1.54, 1.807) is 0 Å². The number of unbranched alkanes of at least 4 members (excludes halogenated alkanes) is 1. The van der Waals surface area contributed by atoms with Gasteiger partial charge in [-0.05, 0) is 86.3 Å². The molecule has 1 aromatic carbocycles. The SMILES string of the molecule is CC.CCCC#Cc1cccc(CN(C(=O)C2CCC(C)CC2)C2CCN(Cc3ccncc3)CC2)c1. The molecule has 4 rings (SSSR count). The monoisotopic (exact) mass is 501 g/mol. The third-order valence-electron chi connectivity index (χ3n) is 7.69. The standard InChI is InChI=1S/C31H41N3O.C2H6/c1-3-4-5-7-26-8-6-9-28(22-26)24-34(31(35)29-12-10-25(2)11-13-29)30-16-20-33(21-17-30)23-27-14-18-32-19-15-27;1-2/h6,8-9,14-15,18-19,22,25,29-30H,3-4,10-13,16-17,20-21,23-24H2,1-2H3;1-2H3. The largest absolute Gasteiger partial charge is 0.335 e. The van der Waals surface area contributed by atoms with E-state index in [1.165, 1.54) is 24.0 Å². The Labute approximate surface area is 225 Å². The van der Waals surface area contributed by atoms with Crippen molar-refractivity contribution in [2.75, 3.05) is 13.1 Å². The number of amides is 1. The zero-order valence-corrected chi connectivity index (χ0v) is 23.6. The highest BCUT2D eigenvalue weighted by Gasteiger charge is 2.33. The minimum Gasteiger partial charge on any atom is -0.335 e. The Balaban J connectivity index is 0.00000186. The van der Waals surface area contributed by atoms with Crippen molar-refractivity contribution in [2.45, 2.75) is 98.2 Å². The fourth-order valence-corrected chi connectivity index (χ4v) is 5.50. The number of rotatable bonds is 7. The molecule has 2 fully saturated rings. The lowest BCUT2D eigenvalue weighted by Crippen LogP contribution is -2.49. The van der Waals surface area contributed by atoms with Gasteiger partial charge >= 0.3 is 0 Å². The van der Waals surface area contributed by atoms with Crippen molar-refractivity contribution in [3.63, 3.8) is 0 Å². The molecular weight excluding hydrogens is 454 g/mol. The van der Waals surface area contributed by atoms with E-state index in [-0.39, 0.29) is 5.92 Å². The third kappa shape index (κ3) is 9.00. The number of carbonyl (C=O) groups is 1. The van der Waals surface area contributed by atoms with Crippen LogP contribution in [-0.2, 0) is 17.9 Å². The molecule has 2 heterocycles. The van der Waals surface area contributed by atoms with E-state index in [1.807, 2.05) is 26.2 Å². The molecule has 37 heavy (non-hydrogen) atoms. The van der Waals surface area contributed by atoms with Crippen molar-refractivity contribution in [3.8, 4) is 11.8 Å². The van der Waals surface area contributed by atoms with Gasteiger partial charge in [0.05, 0.1) is 0 Å². The van der Waals surface area contributed by atoms with Crippen LogP contribution in [0.25, 0.3) is 0 Å². The van der Waals surface area contributed by atoms with E-state index in [0.717, 1.165) is 69.6 Å². The smallest absolute Gasteiger partial charge is 0.226 e. The van der Waals surface area contributed by atoms with E-state index in [9.17, 15) is 4.79 Å². The van der Waals surface area contributed by atoms with Crippen molar-refractivity contribution < 1.29 is 4.79 Å². The minimum absolute atomic E-state index is 0.188. The Morgan fingerprint density at radius 1 is 1.00 bits per heavy atom. The molecule has 1 aliphatic heterocycles. The van der Waals surface area contributed by atoms with Crippen molar-refractivity contribution in [1.82, 2.24) is 14.8 Å². The molecular formula is C33H47N3O. The second kappa shape index (κ2) is 15.6. The highest BCUT2D eigenvalue weighted by molar-refractivity contribution is 5.79. The summed E-state index contributed by atoms with van der Waals surface area (Å²) in [6.07, 6.45) is 12.3. The van der Waals surface area contributed by atoms with Crippen LogP contribution in [0, 0.1) is 23.7 Å². The van der Waals surface area contributed by atoms with Gasteiger partial charge in [0.2, 0.25) is 5.91 Å². The summed E-state index contributed by atoms with van der Waals surface area (Å²) in [5, 5.41) is 0. The molecule has 0 bridgehead atoms. The lowest BCUT2D eigenvalue weighted by molar-refractivity contribution is -0.141. The van der Waals surface area contributed by atoms with Gasteiger partial charge in [-0.15, -0.1) is 0 Å². The van der Waals surface area contributed by atoms with Crippen LogP contribution in [0.5, 0.6) is 0 Å². The number of likely N-dealkylation sites (tertiary alicyclic amines) is 1. The number of aromatic nitrogens is 1. The first-order valence-electron chi connectivity index (χ1n) is 14.6. The second-order valence-corrected chi connectivity index (χ2v) is 10.5. The first-order chi connectivity index (χ1) is 18.1. The molecule has 0 atom stereocenters. The summed E-state index contributed by atoms with van der Waals surface area (Å²) in [6, 6.07) is 13.0. The summed E-state index contributed by atoms with van der Waals surface area (Å²) < 4.78 is 0. The van der Waals surface area contributed by atoms with Gasteiger partial charge < -0.3 is 4.90 Å². The van der Waals surface area contributed by atoms with Crippen LogP contribution in [0.3, 0.4) is 0 Å². The van der Waals surface area contributed by atoms with Gasteiger partial charge in [-0.25, -0.2) is 0 Å². The number of carbonyl (C=O) groups excluding carboxylic acids is 1. The van der Waals surface area contributed by atoms with Crippen molar-refractivity contribution in [2.24, 2.45) is 11.8 Å². The lowest BCUT2D eigenvalue weighted by atomic mass is 9.82. The highest BCUT2D eigenvalue weighted by atomic mass is 16.2. The quantitative estimate of drug-likeness (QED) is 0.380. The lowest BCUT2D eigenvalue weighted by Gasteiger charge is -2.41.